The Hall–Kier alpha value is -2.50. The maximum atomic E-state index is 11.7. The van der Waals surface area contributed by atoms with Crippen molar-refractivity contribution in [3.8, 4) is 11.4 Å². The number of hydrogen-bond donors (Lipinski definition) is 1. The van der Waals surface area contributed by atoms with E-state index in [-0.39, 0.29) is 12.0 Å². The summed E-state index contributed by atoms with van der Waals surface area (Å²) in [7, 11) is 1.49. The average molecular weight is 245 g/mol. The monoisotopic (exact) mass is 245 g/mol. The van der Waals surface area contributed by atoms with Gasteiger partial charge in [0.05, 0.1) is 12.1 Å². The van der Waals surface area contributed by atoms with Gasteiger partial charge in [0.2, 0.25) is 0 Å². The predicted molar refractivity (Wildman–Crippen MR) is 64.0 cm³/mol. The van der Waals surface area contributed by atoms with Gasteiger partial charge in [-0.25, -0.2) is 4.68 Å². The minimum Gasteiger partial charge on any atom is -0.481 e. The Bertz CT molecular complexity index is 635. The van der Waals surface area contributed by atoms with Crippen LogP contribution in [-0.2, 0) is 18.3 Å². The second kappa shape index (κ2) is 4.79. The minimum absolute atomic E-state index is 0.195. The second-order valence-electron chi connectivity index (χ2n) is 3.77. The molecule has 0 spiro atoms. The van der Waals surface area contributed by atoms with Crippen molar-refractivity contribution in [3.05, 3.63) is 46.4 Å². The average Bonchev–Trinajstić information content (AvgIpc) is 2.35. The number of rotatable bonds is 3. The molecule has 6 heteroatoms. The summed E-state index contributed by atoms with van der Waals surface area (Å²) in [4.78, 5) is 26.5. The molecule has 0 aromatic carbocycles. The van der Waals surface area contributed by atoms with Crippen molar-refractivity contribution < 1.29 is 9.90 Å². The lowest BCUT2D eigenvalue weighted by Crippen LogP contribution is -2.25. The first kappa shape index (κ1) is 12.0. The maximum Gasteiger partial charge on any atom is 0.308 e. The highest BCUT2D eigenvalue weighted by Crippen LogP contribution is 2.12. The smallest absolute Gasteiger partial charge is 0.308 e. The third-order valence-electron chi connectivity index (χ3n) is 2.41. The summed E-state index contributed by atoms with van der Waals surface area (Å²) >= 11 is 0. The van der Waals surface area contributed by atoms with Gasteiger partial charge in [0.1, 0.15) is 5.69 Å². The molecular weight excluding hydrogens is 234 g/mol. The van der Waals surface area contributed by atoms with E-state index in [4.69, 9.17) is 5.11 Å². The van der Waals surface area contributed by atoms with Crippen LogP contribution in [0.5, 0.6) is 0 Å². The molecule has 0 amide bonds. The van der Waals surface area contributed by atoms with E-state index in [9.17, 15) is 9.59 Å². The second-order valence-corrected chi connectivity index (χ2v) is 3.77. The molecule has 1 N–H and O–H groups in total. The molecule has 2 rings (SSSR count). The minimum atomic E-state index is -1.05. The van der Waals surface area contributed by atoms with Crippen molar-refractivity contribution in [2.24, 2.45) is 7.05 Å². The molecule has 18 heavy (non-hydrogen) atoms. The van der Waals surface area contributed by atoms with E-state index in [1.807, 2.05) is 0 Å². The van der Waals surface area contributed by atoms with Gasteiger partial charge in [-0.2, -0.15) is 5.10 Å². The summed E-state index contributed by atoms with van der Waals surface area (Å²) in [5.74, 6) is -1.05. The van der Waals surface area contributed by atoms with Crippen LogP contribution in [0, 0.1) is 0 Å². The van der Waals surface area contributed by atoms with Crippen LogP contribution in [0.1, 0.15) is 5.56 Å². The highest BCUT2D eigenvalue weighted by atomic mass is 16.4. The molecule has 0 unspecified atom stereocenters. The van der Waals surface area contributed by atoms with Crippen LogP contribution in [0.25, 0.3) is 11.4 Å². The Balaban J connectivity index is 2.54. The molecule has 0 saturated heterocycles. The van der Waals surface area contributed by atoms with Crippen LogP contribution in [0.2, 0.25) is 0 Å². The van der Waals surface area contributed by atoms with Crippen LogP contribution in [0.4, 0.5) is 0 Å². The Morgan fingerprint density at radius 1 is 1.39 bits per heavy atom. The summed E-state index contributed by atoms with van der Waals surface area (Å²) in [6.07, 6.45) is 1.29. The van der Waals surface area contributed by atoms with E-state index in [1.54, 1.807) is 24.4 Å². The van der Waals surface area contributed by atoms with Crippen LogP contribution in [-0.4, -0.2) is 25.8 Å². The maximum absolute atomic E-state index is 11.7. The van der Waals surface area contributed by atoms with Crippen molar-refractivity contribution in [2.45, 2.75) is 6.42 Å². The Morgan fingerprint density at radius 2 is 2.17 bits per heavy atom. The van der Waals surface area contributed by atoms with Gasteiger partial charge in [-0.3, -0.25) is 14.6 Å². The zero-order valence-corrected chi connectivity index (χ0v) is 9.70. The molecule has 0 bridgehead atoms. The molecule has 0 aliphatic carbocycles. The number of pyridine rings is 1. The zero-order valence-electron chi connectivity index (χ0n) is 9.70. The molecule has 6 nitrogen and oxygen atoms in total. The Morgan fingerprint density at radius 3 is 2.78 bits per heavy atom. The molecule has 0 radical (unpaired) electrons. The lowest BCUT2D eigenvalue weighted by atomic mass is 10.1. The Kier molecular flexibility index (Phi) is 3.18. The van der Waals surface area contributed by atoms with E-state index in [0.717, 1.165) is 4.68 Å². The SMILES string of the molecule is Cn1nc(-c2ccccn2)cc(CC(=O)O)c1=O. The lowest BCUT2D eigenvalue weighted by molar-refractivity contribution is -0.136. The number of nitrogens with zero attached hydrogens (tertiary/aromatic N) is 3. The number of aliphatic carboxylic acids is 1. The first-order chi connectivity index (χ1) is 8.58. The van der Waals surface area contributed by atoms with Crippen molar-refractivity contribution in [1.29, 1.82) is 0 Å². The van der Waals surface area contributed by atoms with Crippen LogP contribution < -0.4 is 5.56 Å². The van der Waals surface area contributed by atoms with Crippen molar-refractivity contribution >= 4 is 5.97 Å². The first-order valence-corrected chi connectivity index (χ1v) is 5.28. The number of aromatic nitrogens is 3. The van der Waals surface area contributed by atoms with Crippen LogP contribution in [0.15, 0.2) is 35.3 Å². The van der Waals surface area contributed by atoms with E-state index >= 15 is 0 Å². The molecule has 0 saturated carbocycles. The van der Waals surface area contributed by atoms with Gasteiger partial charge in [0.25, 0.3) is 5.56 Å². The van der Waals surface area contributed by atoms with Gasteiger partial charge in [0.15, 0.2) is 0 Å². The highest BCUT2D eigenvalue weighted by molar-refractivity contribution is 5.70. The fraction of sp³-hybridized carbons (Fsp3) is 0.167. The number of hydrogen-bond acceptors (Lipinski definition) is 4. The van der Waals surface area contributed by atoms with E-state index in [2.05, 4.69) is 10.1 Å². The lowest BCUT2D eigenvalue weighted by Gasteiger charge is -2.05. The zero-order chi connectivity index (χ0) is 13.1. The van der Waals surface area contributed by atoms with Gasteiger partial charge in [-0.1, -0.05) is 6.07 Å². The molecule has 0 aliphatic heterocycles. The van der Waals surface area contributed by atoms with Gasteiger partial charge >= 0.3 is 5.97 Å². The number of carbonyl (C=O) groups is 1. The first-order valence-electron chi connectivity index (χ1n) is 5.28. The van der Waals surface area contributed by atoms with E-state index in [1.165, 1.54) is 13.1 Å². The molecule has 2 aromatic heterocycles. The number of carboxylic acid groups (broad SMARTS) is 1. The van der Waals surface area contributed by atoms with E-state index in [0.29, 0.717) is 11.4 Å². The van der Waals surface area contributed by atoms with Gasteiger partial charge in [-0.05, 0) is 18.2 Å². The largest absolute Gasteiger partial charge is 0.481 e. The normalized spacial score (nSPS) is 10.3. The fourth-order valence-electron chi connectivity index (χ4n) is 1.60. The summed E-state index contributed by atoms with van der Waals surface area (Å²) < 4.78 is 1.13. The van der Waals surface area contributed by atoms with Crippen molar-refractivity contribution in [1.82, 2.24) is 14.8 Å². The third kappa shape index (κ3) is 2.42. The molecule has 92 valence electrons. The molecule has 0 aliphatic rings. The fourth-order valence-corrected chi connectivity index (χ4v) is 1.60. The standard InChI is InChI=1S/C12H11N3O3/c1-15-12(18)8(7-11(16)17)6-10(14-15)9-4-2-3-5-13-9/h2-6H,7H2,1H3,(H,16,17). The van der Waals surface area contributed by atoms with Crippen molar-refractivity contribution in [2.75, 3.05) is 0 Å². The molecule has 2 heterocycles. The van der Waals surface area contributed by atoms with Gasteiger partial charge in [-0.15, -0.1) is 0 Å². The molecule has 0 fully saturated rings. The van der Waals surface area contributed by atoms with Crippen LogP contribution >= 0.6 is 0 Å². The summed E-state index contributed by atoms with van der Waals surface area (Å²) in [5.41, 5.74) is 0.867. The topological polar surface area (TPSA) is 85.1 Å². The molecule has 0 atom stereocenters. The number of carboxylic acids is 1. The van der Waals surface area contributed by atoms with Gasteiger partial charge < -0.3 is 5.11 Å². The predicted octanol–water partition coefficient (Wildman–Crippen LogP) is 0.469. The summed E-state index contributed by atoms with van der Waals surface area (Å²) in [6, 6.07) is 6.78. The van der Waals surface area contributed by atoms with Crippen molar-refractivity contribution in [3.63, 3.8) is 0 Å². The van der Waals surface area contributed by atoms with Crippen LogP contribution in [0.3, 0.4) is 0 Å². The highest BCUT2D eigenvalue weighted by Gasteiger charge is 2.11. The number of aryl methyl sites for hydroxylation is 1. The summed E-state index contributed by atoms with van der Waals surface area (Å²) in [6.45, 7) is 0. The third-order valence-corrected chi connectivity index (χ3v) is 2.41. The summed E-state index contributed by atoms with van der Waals surface area (Å²) in [5, 5.41) is 12.8. The Labute approximate surface area is 103 Å². The quantitative estimate of drug-likeness (QED) is 0.849. The molecule has 2 aromatic rings. The van der Waals surface area contributed by atoms with Gasteiger partial charge in [0, 0.05) is 18.8 Å². The molecular formula is C12H11N3O3. The van der Waals surface area contributed by atoms with E-state index < -0.39 is 11.5 Å².